The second-order valence-corrected chi connectivity index (χ2v) is 10.0. The van der Waals surface area contributed by atoms with Gasteiger partial charge in [-0.25, -0.2) is 12.8 Å². The van der Waals surface area contributed by atoms with Gasteiger partial charge in [-0.15, -0.1) is 0 Å². The molecule has 0 radical (unpaired) electrons. The van der Waals surface area contributed by atoms with Crippen LogP contribution < -0.4 is 0 Å². The molecule has 0 aromatic heterocycles. The standard InChI is InChI=1S/C23H21ClFNO4S/c24-21-3-1-2-4-22(21)31(29,30)26-9-7-16(8-10-26)19-12-15(13-23(27)28)11-17-5-6-18(25)14-20(17)19/h1-6,11-12,14,16H,7-10,13H2,(H,27,28). The molecule has 3 aromatic carbocycles. The Hall–Kier alpha value is -2.48. The van der Waals surface area contributed by atoms with E-state index in [4.69, 9.17) is 11.6 Å². The van der Waals surface area contributed by atoms with E-state index in [0.717, 1.165) is 16.3 Å². The highest BCUT2D eigenvalue weighted by Crippen LogP contribution is 2.36. The smallest absolute Gasteiger partial charge is 0.307 e. The molecule has 0 saturated carbocycles. The number of halogens is 2. The average Bonchev–Trinajstić information content (AvgIpc) is 2.73. The summed E-state index contributed by atoms with van der Waals surface area (Å²) >= 11 is 6.10. The number of carboxylic acid groups (broad SMARTS) is 1. The molecule has 31 heavy (non-hydrogen) atoms. The molecule has 1 saturated heterocycles. The number of hydrogen-bond donors (Lipinski definition) is 1. The van der Waals surface area contributed by atoms with Crippen molar-refractivity contribution in [3.05, 3.63) is 76.6 Å². The predicted octanol–water partition coefficient (Wildman–Crippen LogP) is 4.83. The highest BCUT2D eigenvalue weighted by atomic mass is 35.5. The van der Waals surface area contributed by atoms with Crippen molar-refractivity contribution in [3.63, 3.8) is 0 Å². The first-order valence-electron chi connectivity index (χ1n) is 9.94. The summed E-state index contributed by atoms with van der Waals surface area (Å²) in [5, 5.41) is 10.9. The van der Waals surface area contributed by atoms with Gasteiger partial charge in [0.2, 0.25) is 10.0 Å². The molecule has 8 heteroatoms. The number of benzene rings is 3. The summed E-state index contributed by atoms with van der Waals surface area (Å²) < 4.78 is 41.4. The van der Waals surface area contributed by atoms with Crippen LogP contribution in [0.5, 0.6) is 0 Å². The Balaban J connectivity index is 1.63. The lowest BCUT2D eigenvalue weighted by molar-refractivity contribution is -0.136. The summed E-state index contributed by atoms with van der Waals surface area (Å²) in [7, 11) is -3.71. The van der Waals surface area contributed by atoms with Crippen molar-refractivity contribution in [2.45, 2.75) is 30.1 Å². The first-order chi connectivity index (χ1) is 14.8. The minimum atomic E-state index is -3.71. The van der Waals surface area contributed by atoms with Gasteiger partial charge >= 0.3 is 5.97 Å². The second kappa shape index (κ2) is 8.57. The number of aliphatic carboxylic acids is 1. The SMILES string of the molecule is O=C(O)Cc1cc(C2CCN(S(=O)(=O)c3ccccc3Cl)CC2)c2cc(F)ccc2c1. The zero-order valence-corrected chi connectivity index (χ0v) is 18.2. The lowest BCUT2D eigenvalue weighted by Gasteiger charge is -2.32. The van der Waals surface area contributed by atoms with Crippen molar-refractivity contribution in [2.75, 3.05) is 13.1 Å². The molecule has 0 unspecified atom stereocenters. The number of rotatable bonds is 5. The number of carboxylic acids is 1. The molecule has 1 N–H and O–H groups in total. The second-order valence-electron chi connectivity index (χ2n) is 7.73. The summed E-state index contributed by atoms with van der Waals surface area (Å²) in [6, 6.07) is 14.4. The van der Waals surface area contributed by atoms with Crippen LogP contribution in [0.15, 0.2) is 59.5 Å². The highest BCUT2D eigenvalue weighted by molar-refractivity contribution is 7.89. The molecular weight excluding hydrogens is 441 g/mol. The van der Waals surface area contributed by atoms with Gasteiger partial charge in [0.15, 0.2) is 0 Å². The summed E-state index contributed by atoms with van der Waals surface area (Å²) in [6.07, 6.45) is 0.970. The van der Waals surface area contributed by atoms with E-state index in [2.05, 4.69) is 0 Å². The van der Waals surface area contributed by atoms with Gasteiger partial charge < -0.3 is 5.11 Å². The number of carbonyl (C=O) groups is 1. The van der Waals surface area contributed by atoms with Crippen LogP contribution in [0.1, 0.15) is 29.9 Å². The van der Waals surface area contributed by atoms with E-state index in [9.17, 15) is 22.7 Å². The summed E-state index contributed by atoms with van der Waals surface area (Å²) in [4.78, 5) is 11.3. The van der Waals surface area contributed by atoms with Crippen LogP contribution >= 0.6 is 11.6 Å². The van der Waals surface area contributed by atoms with Crippen LogP contribution in [0.3, 0.4) is 0 Å². The molecule has 4 rings (SSSR count). The highest BCUT2D eigenvalue weighted by Gasteiger charge is 2.31. The molecule has 0 spiro atoms. The van der Waals surface area contributed by atoms with Crippen molar-refractivity contribution in [2.24, 2.45) is 0 Å². The molecular formula is C23H21ClFNO4S. The van der Waals surface area contributed by atoms with Gasteiger partial charge in [-0.2, -0.15) is 4.31 Å². The molecule has 162 valence electrons. The number of piperidine rings is 1. The van der Waals surface area contributed by atoms with Crippen molar-refractivity contribution in [1.29, 1.82) is 0 Å². The number of hydrogen-bond acceptors (Lipinski definition) is 3. The number of nitrogens with zero attached hydrogens (tertiary/aromatic N) is 1. The van der Waals surface area contributed by atoms with Crippen LogP contribution in [0.2, 0.25) is 5.02 Å². The van der Waals surface area contributed by atoms with E-state index in [1.807, 2.05) is 6.07 Å². The van der Waals surface area contributed by atoms with Gasteiger partial charge in [0.05, 0.1) is 11.4 Å². The summed E-state index contributed by atoms with van der Waals surface area (Å²) in [6.45, 7) is 0.608. The minimum Gasteiger partial charge on any atom is -0.481 e. The maximum atomic E-state index is 13.9. The third-order valence-electron chi connectivity index (χ3n) is 5.71. The zero-order valence-electron chi connectivity index (χ0n) is 16.6. The molecule has 0 aliphatic carbocycles. The fourth-order valence-electron chi connectivity index (χ4n) is 4.24. The van der Waals surface area contributed by atoms with Crippen molar-refractivity contribution in [3.8, 4) is 0 Å². The topological polar surface area (TPSA) is 74.7 Å². The van der Waals surface area contributed by atoms with Gasteiger partial charge in [-0.05, 0) is 64.9 Å². The molecule has 0 bridgehead atoms. The Morgan fingerprint density at radius 2 is 1.81 bits per heavy atom. The van der Waals surface area contributed by atoms with Crippen LogP contribution in [0, 0.1) is 5.82 Å². The Labute approximate surface area is 185 Å². The fraction of sp³-hybridized carbons (Fsp3) is 0.261. The normalized spacial score (nSPS) is 15.9. The largest absolute Gasteiger partial charge is 0.481 e. The molecule has 1 heterocycles. The summed E-state index contributed by atoms with van der Waals surface area (Å²) in [5.41, 5.74) is 1.51. The zero-order chi connectivity index (χ0) is 22.2. The van der Waals surface area contributed by atoms with Crippen molar-refractivity contribution >= 4 is 38.4 Å². The van der Waals surface area contributed by atoms with Crippen molar-refractivity contribution < 1.29 is 22.7 Å². The van der Waals surface area contributed by atoms with E-state index in [-0.39, 0.29) is 28.1 Å². The lowest BCUT2D eigenvalue weighted by Crippen LogP contribution is -2.38. The maximum Gasteiger partial charge on any atom is 0.307 e. The Morgan fingerprint density at radius 3 is 2.48 bits per heavy atom. The van der Waals surface area contributed by atoms with Crippen LogP contribution in [0.25, 0.3) is 10.8 Å². The third kappa shape index (κ3) is 4.44. The molecule has 1 aliphatic heterocycles. The molecule has 0 atom stereocenters. The van der Waals surface area contributed by atoms with Gasteiger partial charge in [-0.1, -0.05) is 41.9 Å². The van der Waals surface area contributed by atoms with E-state index in [0.29, 0.717) is 31.5 Å². The fourth-order valence-corrected chi connectivity index (χ4v) is 6.20. The lowest BCUT2D eigenvalue weighted by atomic mass is 9.85. The Bertz CT molecular complexity index is 1250. The van der Waals surface area contributed by atoms with Gasteiger partial charge in [-0.3, -0.25) is 4.79 Å². The van der Waals surface area contributed by atoms with E-state index in [1.165, 1.54) is 22.5 Å². The number of sulfonamides is 1. The van der Waals surface area contributed by atoms with E-state index in [1.54, 1.807) is 30.3 Å². The molecule has 5 nitrogen and oxygen atoms in total. The first kappa shape index (κ1) is 21.7. The van der Waals surface area contributed by atoms with Crippen LogP contribution in [0.4, 0.5) is 4.39 Å². The summed E-state index contributed by atoms with van der Waals surface area (Å²) in [5.74, 6) is -1.30. The third-order valence-corrected chi connectivity index (χ3v) is 8.11. The van der Waals surface area contributed by atoms with Gasteiger partial charge in [0.25, 0.3) is 0 Å². The van der Waals surface area contributed by atoms with Crippen LogP contribution in [-0.4, -0.2) is 36.9 Å². The number of fused-ring (bicyclic) bond motifs is 1. The minimum absolute atomic E-state index is 0.00394. The monoisotopic (exact) mass is 461 g/mol. The first-order valence-corrected chi connectivity index (χ1v) is 11.8. The molecule has 1 fully saturated rings. The molecule has 1 aliphatic rings. The van der Waals surface area contributed by atoms with Crippen LogP contribution in [-0.2, 0) is 21.2 Å². The molecule has 0 amide bonds. The predicted molar refractivity (Wildman–Crippen MR) is 117 cm³/mol. The Morgan fingerprint density at radius 1 is 1.10 bits per heavy atom. The van der Waals surface area contributed by atoms with E-state index < -0.39 is 16.0 Å². The van der Waals surface area contributed by atoms with E-state index >= 15 is 0 Å². The maximum absolute atomic E-state index is 13.9. The average molecular weight is 462 g/mol. The Kier molecular flexibility index (Phi) is 6.01. The van der Waals surface area contributed by atoms with Gasteiger partial charge in [0, 0.05) is 13.1 Å². The molecule has 3 aromatic rings. The van der Waals surface area contributed by atoms with Crippen molar-refractivity contribution in [1.82, 2.24) is 4.31 Å². The van der Waals surface area contributed by atoms with Gasteiger partial charge in [0.1, 0.15) is 10.7 Å². The quantitative estimate of drug-likeness (QED) is 0.590.